The van der Waals surface area contributed by atoms with Gasteiger partial charge in [-0.15, -0.1) is 11.3 Å². The number of nitrogens with one attached hydrogen (secondary N) is 1. The monoisotopic (exact) mass is 359 g/mol. The lowest BCUT2D eigenvalue weighted by atomic mass is 10.2. The molecule has 0 bridgehead atoms. The fourth-order valence-corrected chi connectivity index (χ4v) is 3.64. The zero-order valence-corrected chi connectivity index (χ0v) is 14.9. The summed E-state index contributed by atoms with van der Waals surface area (Å²) >= 11 is 1.69. The van der Waals surface area contributed by atoms with Crippen molar-refractivity contribution in [2.45, 2.75) is 17.9 Å². The molecule has 0 spiro atoms. The van der Waals surface area contributed by atoms with Crippen LogP contribution >= 0.6 is 11.3 Å². The van der Waals surface area contributed by atoms with Gasteiger partial charge in [-0.05, 0) is 30.5 Å². The lowest BCUT2D eigenvalue weighted by molar-refractivity contribution is 0.602. The van der Waals surface area contributed by atoms with Gasteiger partial charge in [0.15, 0.2) is 9.84 Å². The molecular formula is C17H17N3O2S2. The van der Waals surface area contributed by atoms with Crippen LogP contribution in [0.4, 0.5) is 5.82 Å². The Morgan fingerprint density at radius 1 is 1.12 bits per heavy atom. The van der Waals surface area contributed by atoms with E-state index in [9.17, 15) is 8.42 Å². The van der Waals surface area contributed by atoms with Crippen LogP contribution in [0, 0.1) is 0 Å². The number of aromatic nitrogens is 2. The Hall–Kier alpha value is -2.25. The van der Waals surface area contributed by atoms with Crippen LogP contribution in [0.3, 0.4) is 0 Å². The molecule has 2 heterocycles. The van der Waals surface area contributed by atoms with Gasteiger partial charge in [-0.25, -0.2) is 13.4 Å². The second-order valence-electron chi connectivity index (χ2n) is 5.47. The highest BCUT2D eigenvalue weighted by Gasteiger charge is 2.10. The number of anilines is 1. The molecule has 124 valence electrons. The number of rotatable bonds is 5. The summed E-state index contributed by atoms with van der Waals surface area (Å²) in [5.41, 5.74) is 1.51. The first-order valence-electron chi connectivity index (χ1n) is 7.36. The third-order valence-electron chi connectivity index (χ3n) is 3.55. The average Bonchev–Trinajstić information content (AvgIpc) is 3.09. The van der Waals surface area contributed by atoms with E-state index in [1.54, 1.807) is 48.0 Å². The van der Waals surface area contributed by atoms with Crippen LogP contribution in [0.1, 0.15) is 17.8 Å². The molecule has 5 nitrogen and oxygen atoms in total. The predicted molar refractivity (Wildman–Crippen MR) is 96.9 cm³/mol. The Labute approximate surface area is 145 Å². The minimum Gasteiger partial charge on any atom is -0.361 e. The Morgan fingerprint density at radius 3 is 2.50 bits per heavy atom. The molecule has 1 atom stereocenters. The van der Waals surface area contributed by atoms with Gasteiger partial charge in [0, 0.05) is 16.7 Å². The third-order valence-corrected chi connectivity index (χ3v) is 5.73. The van der Waals surface area contributed by atoms with Crippen LogP contribution < -0.4 is 5.32 Å². The standard InChI is InChI=1S/C17H17N3O2S2/c1-12(16-4-3-9-23-16)19-17-11-18-10-15(20-17)13-5-7-14(8-6-13)24(2,21)22/h3-12H,1-2H3,(H,19,20)/t12-/m1/s1. The SMILES string of the molecule is C[C@@H](Nc1cncc(-c2ccc(S(C)(=O)=O)cc2)n1)c1cccs1. The van der Waals surface area contributed by atoms with Crippen molar-refractivity contribution >= 4 is 27.0 Å². The maximum atomic E-state index is 11.5. The van der Waals surface area contributed by atoms with Crippen molar-refractivity contribution in [2.24, 2.45) is 0 Å². The van der Waals surface area contributed by atoms with Gasteiger partial charge in [0.25, 0.3) is 0 Å². The normalized spacial score (nSPS) is 12.8. The van der Waals surface area contributed by atoms with E-state index in [1.165, 1.54) is 11.1 Å². The second kappa shape index (κ2) is 6.70. The molecular weight excluding hydrogens is 342 g/mol. The Kier molecular flexibility index (Phi) is 4.64. The first-order valence-corrected chi connectivity index (χ1v) is 10.1. The van der Waals surface area contributed by atoms with Gasteiger partial charge in [0.1, 0.15) is 5.82 Å². The van der Waals surface area contributed by atoms with Gasteiger partial charge < -0.3 is 5.32 Å². The zero-order chi connectivity index (χ0) is 17.2. The summed E-state index contributed by atoms with van der Waals surface area (Å²) in [6, 6.07) is 10.9. The molecule has 0 saturated carbocycles. The topological polar surface area (TPSA) is 72.0 Å². The maximum Gasteiger partial charge on any atom is 0.175 e. The lowest BCUT2D eigenvalue weighted by Crippen LogP contribution is -2.07. The van der Waals surface area contributed by atoms with E-state index in [2.05, 4.69) is 28.3 Å². The number of sulfone groups is 1. The van der Waals surface area contributed by atoms with E-state index in [0.717, 1.165) is 5.56 Å². The van der Waals surface area contributed by atoms with Crippen LogP contribution in [0.2, 0.25) is 0 Å². The lowest BCUT2D eigenvalue weighted by Gasteiger charge is -2.13. The number of thiophene rings is 1. The minimum atomic E-state index is -3.20. The molecule has 0 radical (unpaired) electrons. The van der Waals surface area contributed by atoms with E-state index in [0.29, 0.717) is 16.4 Å². The van der Waals surface area contributed by atoms with E-state index in [-0.39, 0.29) is 6.04 Å². The number of hydrogen-bond donors (Lipinski definition) is 1. The predicted octanol–water partition coefficient (Wildman–Crippen LogP) is 3.78. The van der Waals surface area contributed by atoms with Crippen LogP contribution in [0.5, 0.6) is 0 Å². The molecule has 2 aromatic heterocycles. The first kappa shape index (κ1) is 16.6. The largest absolute Gasteiger partial charge is 0.361 e. The van der Waals surface area contributed by atoms with Crippen LogP contribution in [0.15, 0.2) is 59.1 Å². The van der Waals surface area contributed by atoms with Gasteiger partial charge in [0.2, 0.25) is 0 Å². The quantitative estimate of drug-likeness (QED) is 0.750. The molecule has 0 saturated heterocycles. The summed E-state index contributed by atoms with van der Waals surface area (Å²) in [5, 5.41) is 5.37. The fraction of sp³-hybridized carbons (Fsp3) is 0.176. The molecule has 0 aliphatic heterocycles. The summed E-state index contributed by atoms with van der Waals surface area (Å²) < 4.78 is 23.1. The molecule has 0 aliphatic carbocycles. The number of nitrogens with zero attached hydrogens (tertiary/aromatic N) is 2. The highest BCUT2D eigenvalue weighted by atomic mass is 32.2. The van der Waals surface area contributed by atoms with E-state index < -0.39 is 9.84 Å². The first-order chi connectivity index (χ1) is 11.4. The smallest absolute Gasteiger partial charge is 0.175 e. The van der Waals surface area contributed by atoms with Gasteiger partial charge in [-0.1, -0.05) is 18.2 Å². The maximum absolute atomic E-state index is 11.5. The molecule has 3 aromatic rings. The molecule has 0 aliphatic rings. The van der Waals surface area contributed by atoms with Crippen LogP contribution in [-0.2, 0) is 9.84 Å². The summed E-state index contributed by atoms with van der Waals surface area (Å²) in [5.74, 6) is 0.681. The molecule has 0 fully saturated rings. The van der Waals surface area contributed by atoms with Gasteiger partial charge >= 0.3 is 0 Å². The Bertz CT molecular complexity index is 921. The van der Waals surface area contributed by atoms with Gasteiger partial charge in [-0.2, -0.15) is 0 Å². The van der Waals surface area contributed by atoms with Crippen molar-refractivity contribution in [3.05, 3.63) is 59.0 Å². The van der Waals surface area contributed by atoms with E-state index in [1.807, 2.05) is 11.4 Å². The van der Waals surface area contributed by atoms with Crippen molar-refractivity contribution in [3.63, 3.8) is 0 Å². The van der Waals surface area contributed by atoms with Gasteiger partial charge in [-0.3, -0.25) is 4.98 Å². The second-order valence-corrected chi connectivity index (χ2v) is 8.46. The molecule has 0 unspecified atom stereocenters. The Morgan fingerprint density at radius 2 is 1.88 bits per heavy atom. The van der Waals surface area contributed by atoms with Gasteiger partial charge in [0.05, 0.1) is 29.0 Å². The molecule has 3 rings (SSSR count). The van der Waals surface area contributed by atoms with Crippen LogP contribution in [0.25, 0.3) is 11.3 Å². The average molecular weight is 359 g/mol. The highest BCUT2D eigenvalue weighted by molar-refractivity contribution is 7.90. The molecule has 1 aromatic carbocycles. The van der Waals surface area contributed by atoms with E-state index in [4.69, 9.17) is 0 Å². The van der Waals surface area contributed by atoms with Crippen molar-refractivity contribution in [2.75, 3.05) is 11.6 Å². The third kappa shape index (κ3) is 3.80. The summed E-state index contributed by atoms with van der Waals surface area (Å²) in [6.45, 7) is 2.07. The summed E-state index contributed by atoms with van der Waals surface area (Å²) in [6.07, 6.45) is 4.53. The minimum absolute atomic E-state index is 0.141. The molecule has 24 heavy (non-hydrogen) atoms. The molecule has 0 amide bonds. The fourth-order valence-electron chi connectivity index (χ4n) is 2.28. The van der Waals surface area contributed by atoms with Crippen molar-refractivity contribution in [3.8, 4) is 11.3 Å². The summed E-state index contributed by atoms with van der Waals surface area (Å²) in [4.78, 5) is 10.3. The van der Waals surface area contributed by atoms with Crippen molar-refractivity contribution in [1.82, 2.24) is 9.97 Å². The molecule has 1 N–H and O–H groups in total. The zero-order valence-electron chi connectivity index (χ0n) is 13.3. The number of benzene rings is 1. The van der Waals surface area contributed by atoms with Crippen LogP contribution in [-0.4, -0.2) is 24.6 Å². The van der Waals surface area contributed by atoms with Crippen molar-refractivity contribution in [1.29, 1.82) is 0 Å². The Balaban J connectivity index is 1.82. The summed E-state index contributed by atoms with van der Waals surface area (Å²) in [7, 11) is -3.20. The van der Waals surface area contributed by atoms with Crippen molar-refractivity contribution < 1.29 is 8.42 Å². The highest BCUT2D eigenvalue weighted by Crippen LogP contribution is 2.24. The van der Waals surface area contributed by atoms with E-state index >= 15 is 0 Å². The number of hydrogen-bond acceptors (Lipinski definition) is 6. The molecule has 7 heteroatoms.